The van der Waals surface area contributed by atoms with Crippen molar-refractivity contribution in [3.8, 4) is 0 Å². The fraction of sp³-hybridized carbons (Fsp3) is 0.333. The van der Waals surface area contributed by atoms with Crippen LogP contribution in [0.5, 0.6) is 0 Å². The summed E-state index contributed by atoms with van der Waals surface area (Å²) in [5.41, 5.74) is 0. The van der Waals surface area contributed by atoms with E-state index in [2.05, 4.69) is 31.9 Å². The van der Waals surface area contributed by atoms with Gasteiger partial charge in [-0.05, 0) is 28.1 Å². The highest BCUT2D eigenvalue weighted by Gasteiger charge is 2.06. The van der Waals surface area contributed by atoms with Crippen molar-refractivity contribution in [2.75, 3.05) is 5.33 Å². The van der Waals surface area contributed by atoms with E-state index < -0.39 is 0 Å². The van der Waals surface area contributed by atoms with Gasteiger partial charge in [-0.15, -0.1) is 11.3 Å². The molecule has 0 aliphatic carbocycles. The third-order valence-corrected chi connectivity index (χ3v) is 3.41. The van der Waals surface area contributed by atoms with Crippen LogP contribution in [0, 0.1) is 0 Å². The minimum atomic E-state index is -0.365. The van der Waals surface area contributed by atoms with Gasteiger partial charge in [0, 0.05) is 10.2 Å². The van der Waals surface area contributed by atoms with E-state index in [0.717, 1.165) is 8.66 Å². The molecule has 1 heterocycles. The van der Waals surface area contributed by atoms with E-state index in [9.17, 15) is 5.11 Å². The zero-order valence-electron chi connectivity index (χ0n) is 5.05. The second kappa shape index (κ2) is 3.85. The Bertz CT molecular complexity index is 211. The molecule has 0 saturated carbocycles. The van der Waals surface area contributed by atoms with Crippen molar-refractivity contribution >= 4 is 43.2 Å². The maximum absolute atomic E-state index is 9.29. The highest BCUT2D eigenvalue weighted by Crippen LogP contribution is 2.27. The number of aliphatic hydroxyl groups is 1. The third-order valence-electron chi connectivity index (χ3n) is 1.07. The van der Waals surface area contributed by atoms with E-state index in [1.165, 1.54) is 0 Å². The molecule has 1 atom stereocenters. The molecule has 1 aromatic heterocycles. The molecule has 0 aromatic carbocycles. The van der Waals surface area contributed by atoms with Crippen LogP contribution in [0.25, 0.3) is 0 Å². The van der Waals surface area contributed by atoms with Gasteiger partial charge in [0.1, 0.15) is 0 Å². The van der Waals surface area contributed by atoms with Crippen molar-refractivity contribution < 1.29 is 5.11 Å². The Kier molecular flexibility index (Phi) is 3.36. The summed E-state index contributed by atoms with van der Waals surface area (Å²) in [5, 5.41) is 9.88. The molecule has 4 heteroatoms. The van der Waals surface area contributed by atoms with Gasteiger partial charge in [-0.2, -0.15) is 0 Å². The Hall–Kier alpha value is 0.620. The Balaban J connectivity index is 2.74. The van der Waals surface area contributed by atoms with E-state index in [1.807, 2.05) is 12.1 Å². The molecule has 10 heavy (non-hydrogen) atoms. The fourth-order valence-corrected chi connectivity index (χ4v) is 2.56. The fourth-order valence-electron chi connectivity index (χ4n) is 0.583. The lowest BCUT2D eigenvalue weighted by atomic mass is 10.3. The number of alkyl halides is 1. The number of halogens is 2. The lowest BCUT2D eigenvalue weighted by Crippen LogP contribution is -1.93. The van der Waals surface area contributed by atoms with E-state index in [0.29, 0.717) is 5.33 Å². The molecule has 1 unspecified atom stereocenters. The first kappa shape index (κ1) is 8.71. The standard InChI is InChI=1S/C6H6Br2OS/c7-3-4(9)5-1-2-6(8)10-5/h1-2,4,9H,3H2. The van der Waals surface area contributed by atoms with Crippen LogP contribution in [0.3, 0.4) is 0 Å². The summed E-state index contributed by atoms with van der Waals surface area (Å²) >= 11 is 8.08. The van der Waals surface area contributed by atoms with Crippen LogP contribution in [-0.2, 0) is 0 Å². The predicted octanol–water partition coefficient (Wildman–Crippen LogP) is 2.94. The summed E-state index contributed by atoms with van der Waals surface area (Å²) < 4.78 is 1.06. The minimum absolute atomic E-state index is 0.365. The first-order chi connectivity index (χ1) is 4.74. The quantitative estimate of drug-likeness (QED) is 0.829. The first-order valence-corrected chi connectivity index (χ1v) is 5.46. The van der Waals surface area contributed by atoms with Gasteiger partial charge in [0.25, 0.3) is 0 Å². The summed E-state index contributed by atoms with van der Waals surface area (Å²) in [6.07, 6.45) is -0.365. The maximum Gasteiger partial charge on any atom is 0.0978 e. The summed E-state index contributed by atoms with van der Waals surface area (Å²) in [6.45, 7) is 0. The van der Waals surface area contributed by atoms with Crippen molar-refractivity contribution in [3.63, 3.8) is 0 Å². The van der Waals surface area contributed by atoms with Crippen LogP contribution < -0.4 is 0 Å². The second-order valence-electron chi connectivity index (χ2n) is 1.81. The summed E-state index contributed by atoms with van der Waals surface area (Å²) in [7, 11) is 0. The van der Waals surface area contributed by atoms with Gasteiger partial charge >= 0.3 is 0 Å². The molecule has 1 nitrogen and oxygen atoms in total. The molecule has 0 spiro atoms. The van der Waals surface area contributed by atoms with Crippen LogP contribution in [-0.4, -0.2) is 10.4 Å². The lowest BCUT2D eigenvalue weighted by molar-refractivity contribution is 0.209. The highest BCUT2D eigenvalue weighted by molar-refractivity contribution is 9.11. The molecule has 0 amide bonds. The zero-order valence-corrected chi connectivity index (χ0v) is 9.04. The minimum Gasteiger partial charge on any atom is -0.387 e. The number of rotatable bonds is 2. The van der Waals surface area contributed by atoms with Crippen LogP contribution >= 0.6 is 43.2 Å². The molecule has 0 bridgehead atoms. The molecule has 1 rings (SSSR count). The van der Waals surface area contributed by atoms with E-state index >= 15 is 0 Å². The molecular weight excluding hydrogens is 280 g/mol. The summed E-state index contributed by atoms with van der Waals surface area (Å²) in [6, 6.07) is 3.85. The van der Waals surface area contributed by atoms with Crippen LogP contribution in [0.15, 0.2) is 15.9 Å². The average molecular weight is 286 g/mol. The van der Waals surface area contributed by atoms with Gasteiger partial charge in [0.2, 0.25) is 0 Å². The SMILES string of the molecule is OC(CBr)c1ccc(Br)s1. The van der Waals surface area contributed by atoms with Crippen LogP contribution in [0.2, 0.25) is 0 Å². The van der Waals surface area contributed by atoms with Crippen LogP contribution in [0.4, 0.5) is 0 Å². The monoisotopic (exact) mass is 284 g/mol. The Morgan fingerprint density at radius 2 is 2.30 bits per heavy atom. The zero-order chi connectivity index (χ0) is 7.56. The molecule has 0 aliphatic heterocycles. The van der Waals surface area contributed by atoms with Crippen molar-refractivity contribution in [2.24, 2.45) is 0 Å². The van der Waals surface area contributed by atoms with Gasteiger partial charge in [-0.25, -0.2) is 0 Å². The van der Waals surface area contributed by atoms with Gasteiger partial charge in [0.15, 0.2) is 0 Å². The molecule has 0 fully saturated rings. The summed E-state index contributed by atoms with van der Waals surface area (Å²) in [5.74, 6) is 0. The first-order valence-electron chi connectivity index (χ1n) is 2.73. The molecular formula is C6H6Br2OS. The van der Waals surface area contributed by atoms with Gasteiger partial charge < -0.3 is 5.11 Å². The number of hydrogen-bond donors (Lipinski definition) is 1. The van der Waals surface area contributed by atoms with Crippen molar-refractivity contribution in [3.05, 3.63) is 20.8 Å². The largest absolute Gasteiger partial charge is 0.387 e. The van der Waals surface area contributed by atoms with Gasteiger partial charge in [-0.1, -0.05) is 15.9 Å². The number of hydrogen-bond acceptors (Lipinski definition) is 2. The average Bonchev–Trinajstić information content (AvgIpc) is 2.34. The predicted molar refractivity (Wildman–Crippen MR) is 50.8 cm³/mol. The second-order valence-corrected chi connectivity index (χ2v) is 4.95. The van der Waals surface area contributed by atoms with E-state index in [-0.39, 0.29) is 6.10 Å². The Labute approximate surface area is 80.3 Å². The topological polar surface area (TPSA) is 20.2 Å². The molecule has 56 valence electrons. The molecule has 0 radical (unpaired) electrons. The van der Waals surface area contributed by atoms with E-state index in [1.54, 1.807) is 11.3 Å². The Morgan fingerprint density at radius 3 is 2.70 bits per heavy atom. The highest BCUT2D eigenvalue weighted by atomic mass is 79.9. The molecule has 1 N–H and O–H groups in total. The third kappa shape index (κ3) is 2.05. The lowest BCUT2D eigenvalue weighted by Gasteiger charge is -2.00. The summed E-state index contributed by atoms with van der Waals surface area (Å²) in [4.78, 5) is 0.990. The van der Waals surface area contributed by atoms with E-state index in [4.69, 9.17) is 0 Å². The number of aliphatic hydroxyl groups excluding tert-OH is 1. The van der Waals surface area contributed by atoms with Crippen LogP contribution in [0.1, 0.15) is 11.0 Å². The van der Waals surface area contributed by atoms with Crippen molar-refractivity contribution in [2.45, 2.75) is 6.10 Å². The van der Waals surface area contributed by atoms with Gasteiger partial charge in [-0.3, -0.25) is 0 Å². The molecule has 0 saturated heterocycles. The number of thiophene rings is 1. The van der Waals surface area contributed by atoms with Crippen molar-refractivity contribution in [1.29, 1.82) is 0 Å². The van der Waals surface area contributed by atoms with Crippen molar-refractivity contribution in [1.82, 2.24) is 0 Å². The molecule has 1 aromatic rings. The van der Waals surface area contributed by atoms with Gasteiger partial charge in [0.05, 0.1) is 9.89 Å². The maximum atomic E-state index is 9.29. The molecule has 0 aliphatic rings. The Morgan fingerprint density at radius 1 is 1.60 bits per heavy atom. The normalized spacial score (nSPS) is 13.5. The smallest absolute Gasteiger partial charge is 0.0978 e.